The van der Waals surface area contributed by atoms with Crippen LogP contribution in [0.15, 0.2) is 56.6 Å². The van der Waals surface area contributed by atoms with Gasteiger partial charge < -0.3 is 18.6 Å². The zero-order valence-electron chi connectivity index (χ0n) is 17.6. The molecule has 11 heteroatoms. The van der Waals surface area contributed by atoms with Crippen molar-refractivity contribution < 1.29 is 31.8 Å². The van der Waals surface area contributed by atoms with Gasteiger partial charge in [0.25, 0.3) is 0 Å². The van der Waals surface area contributed by atoms with E-state index < -0.39 is 21.6 Å². The highest BCUT2D eigenvalue weighted by Crippen LogP contribution is 2.26. The monoisotopic (exact) mass is 493 g/mol. The van der Waals surface area contributed by atoms with Gasteiger partial charge >= 0.3 is 11.6 Å². The van der Waals surface area contributed by atoms with Gasteiger partial charge in [-0.2, -0.15) is 4.31 Å². The molecule has 0 bridgehead atoms. The van der Waals surface area contributed by atoms with Crippen molar-refractivity contribution in [2.45, 2.75) is 11.5 Å². The van der Waals surface area contributed by atoms with E-state index in [1.165, 1.54) is 35.7 Å². The first-order valence-corrected chi connectivity index (χ1v) is 11.8. The molecule has 0 saturated carbocycles. The first-order chi connectivity index (χ1) is 15.8. The van der Waals surface area contributed by atoms with Gasteiger partial charge in [-0.1, -0.05) is 11.6 Å². The summed E-state index contributed by atoms with van der Waals surface area (Å²) < 4.78 is 48.0. The number of sulfonamides is 1. The van der Waals surface area contributed by atoms with Crippen molar-refractivity contribution in [1.82, 2.24) is 4.31 Å². The van der Waals surface area contributed by atoms with Crippen LogP contribution in [-0.2, 0) is 26.1 Å². The lowest BCUT2D eigenvalue weighted by Crippen LogP contribution is -2.40. The molecule has 0 unspecified atom stereocenters. The molecular weight excluding hydrogens is 474 g/mol. The number of nitrogens with zero attached hydrogens (tertiary/aromatic N) is 1. The van der Waals surface area contributed by atoms with E-state index in [-0.39, 0.29) is 40.8 Å². The van der Waals surface area contributed by atoms with Crippen LogP contribution in [0.25, 0.3) is 11.0 Å². The van der Waals surface area contributed by atoms with Gasteiger partial charge in [-0.05, 0) is 30.3 Å². The third-order valence-electron chi connectivity index (χ3n) is 5.16. The topological polar surface area (TPSA) is 112 Å². The normalized spacial score (nSPS) is 14.8. The van der Waals surface area contributed by atoms with E-state index in [2.05, 4.69) is 0 Å². The summed E-state index contributed by atoms with van der Waals surface area (Å²) in [7, 11) is -2.33. The number of halogens is 1. The highest BCUT2D eigenvalue weighted by atomic mass is 35.5. The number of hydrogen-bond acceptors (Lipinski definition) is 8. The Morgan fingerprint density at radius 2 is 1.88 bits per heavy atom. The summed E-state index contributed by atoms with van der Waals surface area (Å²) in [5.41, 5.74) is -0.00613. The lowest BCUT2D eigenvalue weighted by molar-refractivity contribution is 0.0473. The zero-order valence-corrected chi connectivity index (χ0v) is 19.1. The molecule has 0 aliphatic carbocycles. The Morgan fingerprint density at radius 3 is 2.61 bits per heavy atom. The molecule has 1 aromatic heterocycles. The van der Waals surface area contributed by atoms with Crippen LogP contribution in [0.5, 0.6) is 5.75 Å². The summed E-state index contributed by atoms with van der Waals surface area (Å²) in [4.78, 5) is 24.6. The molecule has 0 radical (unpaired) electrons. The van der Waals surface area contributed by atoms with Crippen molar-refractivity contribution in [3.63, 3.8) is 0 Å². The molecule has 33 heavy (non-hydrogen) atoms. The largest absolute Gasteiger partial charge is 0.497 e. The van der Waals surface area contributed by atoms with Crippen LogP contribution < -0.4 is 10.4 Å². The molecule has 1 aliphatic rings. The van der Waals surface area contributed by atoms with E-state index in [1.807, 2.05) is 0 Å². The van der Waals surface area contributed by atoms with Crippen LogP contribution in [0, 0.1) is 0 Å². The molecule has 174 valence electrons. The summed E-state index contributed by atoms with van der Waals surface area (Å²) in [5, 5.41) is 0.612. The molecule has 0 amide bonds. The molecule has 2 heterocycles. The summed E-state index contributed by atoms with van der Waals surface area (Å²) in [6.45, 7) is 0.793. The fourth-order valence-electron chi connectivity index (χ4n) is 3.43. The third kappa shape index (κ3) is 4.88. The van der Waals surface area contributed by atoms with E-state index in [4.69, 9.17) is 30.2 Å². The predicted octanol–water partition coefficient (Wildman–Crippen LogP) is 2.83. The van der Waals surface area contributed by atoms with Gasteiger partial charge in [0.05, 0.1) is 35.8 Å². The maximum Gasteiger partial charge on any atom is 0.340 e. The summed E-state index contributed by atoms with van der Waals surface area (Å²) in [5.74, 6) is -0.321. The van der Waals surface area contributed by atoms with Crippen LogP contribution >= 0.6 is 11.6 Å². The molecule has 1 saturated heterocycles. The van der Waals surface area contributed by atoms with Gasteiger partial charge in [0.1, 0.15) is 17.9 Å². The number of methoxy groups -OCH3 is 1. The molecule has 0 atom stereocenters. The SMILES string of the molecule is COc1ccc2c(COC(=O)c3cc(S(=O)(=O)N4CCOCC4)ccc3Cl)cc(=O)oc2c1. The minimum absolute atomic E-state index is 0.0445. The lowest BCUT2D eigenvalue weighted by atomic mass is 10.1. The number of morpholine rings is 1. The number of carbonyl (C=O) groups excluding carboxylic acids is 1. The fourth-order valence-corrected chi connectivity index (χ4v) is 5.06. The predicted molar refractivity (Wildman–Crippen MR) is 119 cm³/mol. The minimum Gasteiger partial charge on any atom is -0.497 e. The average Bonchev–Trinajstić information content (AvgIpc) is 2.82. The summed E-state index contributed by atoms with van der Waals surface area (Å²) in [6, 6.07) is 10.0. The quantitative estimate of drug-likeness (QED) is 0.380. The molecule has 9 nitrogen and oxygen atoms in total. The molecular formula is C22H20ClNO8S. The number of esters is 1. The second kappa shape index (κ2) is 9.52. The number of benzene rings is 2. The Labute approximate surface area is 194 Å². The van der Waals surface area contributed by atoms with E-state index >= 15 is 0 Å². The van der Waals surface area contributed by atoms with Gasteiger partial charge in [0.15, 0.2) is 0 Å². The third-order valence-corrected chi connectivity index (χ3v) is 7.39. The molecule has 3 aromatic rings. The molecule has 1 aliphatic heterocycles. The number of fused-ring (bicyclic) bond motifs is 1. The van der Waals surface area contributed by atoms with E-state index in [9.17, 15) is 18.0 Å². The van der Waals surface area contributed by atoms with Crippen LogP contribution in [0.3, 0.4) is 0 Å². The Morgan fingerprint density at radius 1 is 1.12 bits per heavy atom. The van der Waals surface area contributed by atoms with Gasteiger partial charge in [0, 0.05) is 36.2 Å². The molecule has 1 fully saturated rings. The Kier molecular flexibility index (Phi) is 6.71. The standard InChI is InChI=1S/C22H20ClNO8S/c1-29-15-2-4-17-14(10-21(25)32-20(17)11-15)13-31-22(26)18-12-16(3-5-19(18)23)33(27,28)24-6-8-30-9-7-24/h2-5,10-12H,6-9,13H2,1H3. The van der Waals surface area contributed by atoms with Crippen molar-refractivity contribution in [3.8, 4) is 5.75 Å². The van der Waals surface area contributed by atoms with Crippen molar-refractivity contribution >= 4 is 38.6 Å². The first-order valence-electron chi connectivity index (χ1n) is 9.95. The van der Waals surface area contributed by atoms with Gasteiger partial charge in [-0.15, -0.1) is 0 Å². The minimum atomic E-state index is -3.82. The van der Waals surface area contributed by atoms with Gasteiger partial charge in [-0.3, -0.25) is 0 Å². The van der Waals surface area contributed by atoms with Crippen LogP contribution in [0.1, 0.15) is 15.9 Å². The smallest absolute Gasteiger partial charge is 0.340 e. The summed E-state index contributed by atoms with van der Waals surface area (Å²) in [6.07, 6.45) is 0. The van der Waals surface area contributed by atoms with Crippen molar-refractivity contribution in [1.29, 1.82) is 0 Å². The number of carbonyl (C=O) groups is 1. The second-order valence-electron chi connectivity index (χ2n) is 7.19. The highest BCUT2D eigenvalue weighted by Gasteiger charge is 2.28. The maximum atomic E-state index is 12.9. The van der Waals surface area contributed by atoms with Crippen molar-refractivity contribution in [2.24, 2.45) is 0 Å². The van der Waals surface area contributed by atoms with E-state index in [0.717, 1.165) is 0 Å². The van der Waals surface area contributed by atoms with Crippen LogP contribution in [-0.4, -0.2) is 52.1 Å². The second-order valence-corrected chi connectivity index (χ2v) is 9.53. The van der Waals surface area contributed by atoms with E-state index in [1.54, 1.807) is 18.2 Å². The Balaban J connectivity index is 1.58. The molecule has 2 aromatic carbocycles. The number of rotatable bonds is 6. The Hall–Kier alpha value is -2.92. The van der Waals surface area contributed by atoms with Crippen LogP contribution in [0.4, 0.5) is 0 Å². The number of ether oxygens (including phenoxy) is 3. The maximum absolute atomic E-state index is 12.9. The molecule has 0 spiro atoms. The molecule has 4 rings (SSSR count). The van der Waals surface area contributed by atoms with Crippen molar-refractivity contribution in [3.05, 3.63) is 69.0 Å². The summed E-state index contributed by atoms with van der Waals surface area (Å²) >= 11 is 6.15. The average molecular weight is 494 g/mol. The van der Waals surface area contributed by atoms with Gasteiger partial charge in [0.2, 0.25) is 10.0 Å². The fraction of sp³-hybridized carbons (Fsp3) is 0.273. The lowest BCUT2D eigenvalue weighted by Gasteiger charge is -2.26. The highest BCUT2D eigenvalue weighted by molar-refractivity contribution is 7.89. The van der Waals surface area contributed by atoms with Crippen molar-refractivity contribution in [2.75, 3.05) is 33.4 Å². The molecule has 0 N–H and O–H groups in total. The zero-order chi connectivity index (χ0) is 23.6. The number of hydrogen-bond donors (Lipinski definition) is 0. The Bertz CT molecular complexity index is 1360. The van der Waals surface area contributed by atoms with Gasteiger partial charge in [-0.25, -0.2) is 18.0 Å². The van der Waals surface area contributed by atoms with E-state index in [0.29, 0.717) is 29.9 Å². The van der Waals surface area contributed by atoms with Crippen LogP contribution in [0.2, 0.25) is 5.02 Å². The first kappa shape index (κ1) is 23.2.